The van der Waals surface area contributed by atoms with Crippen molar-refractivity contribution in [3.05, 3.63) is 22.7 Å². The molecule has 0 atom stereocenters. The molecule has 0 heterocycles. The van der Waals surface area contributed by atoms with E-state index in [2.05, 4.69) is 20.7 Å². The van der Waals surface area contributed by atoms with Gasteiger partial charge in [0.2, 0.25) is 5.91 Å². The minimum Gasteiger partial charge on any atom is -0.494 e. The zero-order valence-electron chi connectivity index (χ0n) is 10.9. The molecule has 5 nitrogen and oxygen atoms in total. The van der Waals surface area contributed by atoms with Crippen molar-refractivity contribution < 1.29 is 27.4 Å². The molecule has 118 valence electrons. The Morgan fingerprint density at radius 2 is 2.05 bits per heavy atom. The number of ether oxygens (including phenoxy) is 2. The largest absolute Gasteiger partial charge is 0.573 e. The summed E-state index contributed by atoms with van der Waals surface area (Å²) in [5, 5.41) is 0. The number of rotatable bonds is 7. The van der Waals surface area contributed by atoms with Crippen LogP contribution in [-0.4, -0.2) is 18.9 Å². The van der Waals surface area contributed by atoms with E-state index in [1.807, 2.05) is 5.43 Å². The summed E-state index contributed by atoms with van der Waals surface area (Å²) in [4.78, 5) is 10.9. The minimum absolute atomic E-state index is 0.139. The van der Waals surface area contributed by atoms with Crippen molar-refractivity contribution in [3.63, 3.8) is 0 Å². The number of nitrogens with one attached hydrogen (secondary N) is 1. The Hall–Kier alpha value is -1.48. The van der Waals surface area contributed by atoms with Crippen molar-refractivity contribution in [2.24, 2.45) is 5.84 Å². The summed E-state index contributed by atoms with van der Waals surface area (Å²) in [6, 6.07) is 3.92. The van der Waals surface area contributed by atoms with E-state index in [-0.39, 0.29) is 16.1 Å². The van der Waals surface area contributed by atoms with E-state index in [0.29, 0.717) is 31.6 Å². The zero-order chi connectivity index (χ0) is 15.9. The van der Waals surface area contributed by atoms with Gasteiger partial charge in [-0.25, -0.2) is 5.84 Å². The predicted molar refractivity (Wildman–Crippen MR) is 72.5 cm³/mol. The number of alkyl halides is 3. The second-order valence-corrected chi connectivity index (χ2v) is 4.87. The molecule has 9 heteroatoms. The number of halogens is 4. The third-order valence-electron chi connectivity index (χ3n) is 2.36. The van der Waals surface area contributed by atoms with Crippen LogP contribution in [0.5, 0.6) is 11.5 Å². The molecular formula is C12H14BrF3N2O3. The first-order valence-corrected chi connectivity index (χ1v) is 6.78. The molecule has 1 aromatic rings. The van der Waals surface area contributed by atoms with Crippen LogP contribution in [0.25, 0.3) is 0 Å². The molecule has 21 heavy (non-hydrogen) atoms. The molecule has 0 aliphatic carbocycles. The molecule has 0 fully saturated rings. The SMILES string of the molecule is NNC(=O)CCCCOc1ccc(OC(F)(F)F)c(Br)c1. The van der Waals surface area contributed by atoms with Gasteiger partial charge in [-0.05, 0) is 47.0 Å². The Bertz CT molecular complexity index is 483. The van der Waals surface area contributed by atoms with Gasteiger partial charge >= 0.3 is 6.36 Å². The lowest BCUT2D eigenvalue weighted by atomic mass is 10.2. The topological polar surface area (TPSA) is 73.6 Å². The second-order valence-electron chi connectivity index (χ2n) is 4.01. The maximum Gasteiger partial charge on any atom is 0.573 e. The van der Waals surface area contributed by atoms with Crippen LogP contribution >= 0.6 is 15.9 Å². The summed E-state index contributed by atoms with van der Waals surface area (Å²) in [5.41, 5.74) is 2.01. The first-order valence-electron chi connectivity index (χ1n) is 5.99. The van der Waals surface area contributed by atoms with Gasteiger partial charge in [-0.15, -0.1) is 13.2 Å². The number of amides is 1. The molecule has 0 aliphatic heterocycles. The number of hydrogen-bond acceptors (Lipinski definition) is 4. The van der Waals surface area contributed by atoms with Gasteiger partial charge in [-0.1, -0.05) is 0 Å². The lowest BCUT2D eigenvalue weighted by Gasteiger charge is -2.12. The molecule has 0 bridgehead atoms. The van der Waals surface area contributed by atoms with Crippen LogP contribution in [0.3, 0.4) is 0 Å². The Morgan fingerprint density at radius 3 is 2.62 bits per heavy atom. The molecule has 0 radical (unpaired) electrons. The van der Waals surface area contributed by atoms with Gasteiger partial charge in [0.1, 0.15) is 11.5 Å². The average molecular weight is 371 g/mol. The van der Waals surface area contributed by atoms with Gasteiger partial charge in [-0.2, -0.15) is 0 Å². The fourth-order valence-electron chi connectivity index (χ4n) is 1.43. The van der Waals surface area contributed by atoms with Crippen molar-refractivity contribution in [2.75, 3.05) is 6.61 Å². The van der Waals surface area contributed by atoms with E-state index in [9.17, 15) is 18.0 Å². The Kier molecular flexibility index (Phi) is 6.76. The highest BCUT2D eigenvalue weighted by molar-refractivity contribution is 9.10. The van der Waals surface area contributed by atoms with E-state index >= 15 is 0 Å². The molecule has 3 N–H and O–H groups in total. The number of hydrogen-bond donors (Lipinski definition) is 2. The van der Waals surface area contributed by atoms with Crippen molar-refractivity contribution in [1.82, 2.24) is 5.43 Å². The average Bonchev–Trinajstić information content (AvgIpc) is 2.39. The molecule has 0 aromatic heterocycles. The van der Waals surface area contributed by atoms with E-state index in [1.165, 1.54) is 12.1 Å². The van der Waals surface area contributed by atoms with E-state index < -0.39 is 6.36 Å². The summed E-state index contributed by atoms with van der Waals surface area (Å²) in [5.74, 6) is 4.73. The number of unbranched alkanes of at least 4 members (excludes halogenated alkanes) is 1. The molecule has 0 saturated heterocycles. The highest BCUT2D eigenvalue weighted by Gasteiger charge is 2.31. The quantitative estimate of drug-likeness (QED) is 0.335. The van der Waals surface area contributed by atoms with Crippen LogP contribution in [0.1, 0.15) is 19.3 Å². The van der Waals surface area contributed by atoms with Crippen LogP contribution < -0.4 is 20.7 Å². The third kappa shape index (κ3) is 7.19. The fourth-order valence-corrected chi connectivity index (χ4v) is 1.87. The second kappa shape index (κ2) is 8.08. The van der Waals surface area contributed by atoms with Crippen LogP contribution in [0.4, 0.5) is 13.2 Å². The Balaban J connectivity index is 2.40. The van der Waals surface area contributed by atoms with Crippen molar-refractivity contribution in [1.29, 1.82) is 0 Å². The standard InChI is InChI=1S/C12H14BrF3N2O3/c13-9-7-8(4-5-10(9)21-12(14,15)16)20-6-2-1-3-11(19)18-17/h4-5,7H,1-3,6,17H2,(H,18,19). The monoisotopic (exact) mass is 370 g/mol. The van der Waals surface area contributed by atoms with Gasteiger partial charge in [0.05, 0.1) is 11.1 Å². The molecule has 1 aromatic carbocycles. The highest BCUT2D eigenvalue weighted by Crippen LogP contribution is 2.33. The molecule has 0 spiro atoms. The first-order chi connectivity index (χ1) is 9.81. The third-order valence-corrected chi connectivity index (χ3v) is 2.98. The van der Waals surface area contributed by atoms with Crippen LogP contribution in [-0.2, 0) is 4.79 Å². The van der Waals surface area contributed by atoms with Gasteiger partial charge in [0, 0.05) is 6.42 Å². The molecule has 1 amide bonds. The van der Waals surface area contributed by atoms with Crippen LogP contribution in [0.2, 0.25) is 0 Å². The summed E-state index contributed by atoms with van der Waals surface area (Å²) < 4.78 is 45.6. The maximum atomic E-state index is 12.1. The number of benzene rings is 1. The summed E-state index contributed by atoms with van der Waals surface area (Å²) in [7, 11) is 0. The Morgan fingerprint density at radius 1 is 1.33 bits per heavy atom. The van der Waals surface area contributed by atoms with E-state index in [4.69, 9.17) is 10.6 Å². The lowest BCUT2D eigenvalue weighted by Crippen LogP contribution is -2.29. The molecule has 1 rings (SSSR count). The number of nitrogens with two attached hydrogens (primary N) is 1. The molecule has 0 saturated carbocycles. The molecular weight excluding hydrogens is 357 g/mol. The van der Waals surface area contributed by atoms with Crippen molar-refractivity contribution >= 4 is 21.8 Å². The first kappa shape index (κ1) is 17.6. The normalized spacial score (nSPS) is 11.1. The number of carbonyl (C=O) groups excluding carboxylic acids is 1. The van der Waals surface area contributed by atoms with Gasteiger partial charge in [0.25, 0.3) is 0 Å². The van der Waals surface area contributed by atoms with E-state index in [0.717, 1.165) is 6.07 Å². The van der Waals surface area contributed by atoms with Gasteiger partial charge < -0.3 is 9.47 Å². The summed E-state index contributed by atoms with van der Waals surface area (Å²) in [6.07, 6.45) is -3.23. The fraction of sp³-hybridized carbons (Fsp3) is 0.417. The highest BCUT2D eigenvalue weighted by atomic mass is 79.9. The lowest BCUT2D eigenvalue weighted by molar-refractivity contribution is -0.274. The number of hydrazine groups is 1. The maximum absolute atomic E-state index is 12.1. The minimum atomic E-state index is -4.74. The van der Waals surface area contributed by atoms with Gasteiger partial charge in [0.15, 0.2) is 0 Å². The van der Waals surface area contributed by atoms with Crippen LogP contribution in [0.15, 0.2) is 22.7 Å². The van der Waals surface area contributed by atoms with Crippen molar-refractivity contribution in [2.45, 2.75) is 25.6 Å². The Labute approximate surface area is 127 Å². The van der Waals surface area contributed by atoms with Gasteiger partial charge in [-0.3, -0.25) is 10.2 Å². The predicted octanol–water partition coefficient (Wildman–Crippen LogP) is 2.89. The van der Waals surface area contributed by atoms with Crippen molar-refractivity contribution in [3.8, 4) is 11.5 Å². The molecule has 0 aliphatic rings. The van der Waals surface area contributed by atoms with Crippen LogP contribution in [0, 0.1) is 0 Å². The molecule has 0 unspecified atom stereocenters. The summed E-state index contributed by atoms with van der Waals surface area (Å²) in [6.45, 7) is 0.337. The zero-order valence-corrected chi connectivity index (χ0v) is 12.5. The number of carbonyl (C=O) groups is 1. The summed E-state index contributed by atoms with van der Waals surface area (Å²) >= 11 is 2.98. The van der Waals surface area contributed by atoms with E-state index in [1.54, 1.807) is 0 Å². The smallest absolute Gasteiger partial charge is 0.494 e.